The minimum absolute atomic E-state index is 0.247. The fourth-order valence-corrected chi connectivity index (χ4v) is 2.22. The van der Waals surface area contributed by atoms with E-state index < -0.39 is 0 Å². The van der Waals surface area contributed by atoms with Gasteiger partial charge in [0.15, 0.2) is 0 Å². The van der Waals surface area contributed by atoms with E-state index in [4.69, 9.17) is 11.6 Å². The zero-order chi connectivity index (χ0) is 11.4. The monoisotopic (exact) mass is 237 g/mol. The fourth-order valence-electron chi connectivity index (χ4n) is 2.09. The molecule has 0 amide bonds. The summed E-state index contributed by atoms with van der Waals surface area (Å²) in [5.74, 6) is 0.612. The molecule has 1 N–H and O–H groups in total. The van der Waals surface area contributed by atoms with Crippen molar-refractivity contribution in [2.45, 2.75) is 19.3 Å². The van der Waals surface area contributed by atoms with E-state index in [2.05, 4.69) is 5.32 Å². The van der Waals surface area contributed by atoms with Gasteiger partial charge in [-0.15, -0.1) is 0 Å². The van der Waals surface area contributed by atoms with Gasteiger partial charge in [0.1, 0.15) is 5.78 Å². The molecule has 2 nitrogen and oxygen atoms in total. The van der Waals surface area contributed by atoms with Crippen LogP contribution in [0.4, 0.5) is 0 Å². The zero-order valence-corrected chi connectivity index (χ0v) is 9.96. The third-order valence-electron chi connectivity index (χ3n) is 3.09. The molecule has 0 aromatic heterocycles. The first-order chi connectivity index (χ1) is 7.75. The second kappa shape index (κ2) is 5.46. The van der Waals surface area contributed by atoms with Gasteiger partial charge < -0.3 is 5.32 Å². The second-order valence-corrected chi connectivity index (χ2v) is 4.73. The van der Waals surface area contributed by atoms with Crippen molar-refractivity contribution in [3.05, 3.63) is 34.9 Å². The Hall–Kier alpha value is -0.860. The molecule has 0 spiro atoms. The van der Waals surface area contributed by atoms with Crippen molar-refractivity contribution in [2.75, 3.05) is 13.1 Å². The van der Waals surface area contributed by atoms with Gasteiger partial charge in [0.25, 0.3) is 0 Å². The van der Waals surface area contributed by atoms with E-state index in [0.717, 1.165) is 36.5 Å². The highest BCUT2D eigenvalue weighted by atomic mass is 35.5. The summed E-state index contributed by atoms with van der Waals surface area (Å²) in [5, 5.41) is 3.99. The Morgan fingerprint density at radius 2 is 1.88 bits per heavy atom. The molecule has 1 fully saturated rings. The van der Waals surface area contributed by atoms with Crippen molar-refractivity contribution in [1.82, 2.24) is 5.32 Å². The van der Waals surface area contributed by atoms with Crippen molar-refractivity contribution in [3.8, 4) is 0 Å². The molecule has 0 atom stereocenters. The maximum Gasteiger partial charge on any atom is 0.140 e. The van der Waals surface area contributed by atoms with E-state index in [9.17, 15) is 4.79 Å². The van der Waals surface area contributed by atoms with Crippen LogP contribution in [0.1, 0.15) is 18.4 Å². The van der Waals surface area contributed by atoms with Crippen molar-refractivity contribution in [1.29, 1.82) is 0 Å². The third kappa shape index (κ3) is 3.06. The number of halogens is 1. The SMILES string of the molecule is O=C(Cc1ccc(Cl)cc1)C1CCNCC1. The topological polar surface area (TPSA) is 29.1 Å². The highest BCUT2D eigenvalue weighted by molar-refractivity contribution is 6.30. The summed E-state index contributed by atoms with van der Waals surface area (Å²) in [7, 11) is 0. The number of benzene rings is 1. The molecule has 1 heterocycles. The Morgan fingerprint density at radius 1 is 1.25 bits per heavy atom. The van der Waals surface area contributed by atoms with Crippen LogP contribution in [0.3, 0.4) is 0 Å². The lowest BCUT2D eigenvalue weighted by atomic mass is 9.90. The fraction of sp³-hybridized carbons (Fsp3) is 0.462. The molecule has 1 aromatic carbocycles. The van der Waals surface area contributed by atoms with Crippen LogP contribution in [-0.2, 0) is 11.2 Å². The molecule has 0 radical (unpaired) electrons. The molecule has 3 heteroatoms. The molecule has 1 saturated heterocycles. The quantitative estimate of drug-likeness (QED) is 0.875. The summed E-state index contributed by atoms with van der Waals surface area (Å²) in [4.78, 5) is 12.0. The molecular formula is C13H16ClNO. The molecule has 86 valence electrons. The number of hydrogen-bond acceptors (Lipinski definition) is 2. The molecule has 1 aliphatic rings. The number of Topliss-reactive ketones (excluding diaryl/α,β-unsaturated/α-hetero) is 1. The summed E-state index contributed by atoms with van der Waals surface area (Å²) < 4.78 is 0. The van der Waals surface area contributed by atoms with E-state index in [0.29, 0.717) is 12.2 Å². The summed E-state index contributed by atoms with van der Waals surface area (Å²) >= 11 is 5.80. The third-order valence-corrected chi connectivity index (χ3v) is 3.34. The van der Waals surface area contributed by atoms with Gasteiger partial charge in [-0.1, -0.05) is 23.7 Å². The van der Waals surface area contributed by atoms with E-state index >= 15 is 0 Å². The van der Waals surface area contributed by atoms with Crippen LogP contribution in [0.25, 0.3) is 0 Å². The molecule has 0 bridgehead atoms. The average Bonchev–Trinajstić information content (AvgIpc) is 2.33. The van der Waals surface area contributed by atoms with Gasteiger partial charge in [0, 0.05) is 17.4 Å². The number of hydrogen-bond donors (Lipinski definition) is 1. The Bertz CT molecular complexity index is 355. The Kier molecular flexibility index (Phi) is 3.97. The smallest absolute Gasteiger partial charge is 0.140 e. The predicted octanol–water partition coefficient (Wildman–Crippen LogP) is 2.45. The Labute approximate surface area is 101 Å². The van der Waals surface area contributed by atoms with Gasteiger partial charge in [-0.3, -0.25) is 4.79 Å². The van der Waals surface area contributed by atoms with E-state index in [-0.39, 0.29) is 5.92 Å². The highest BCUT2D eigenvalue weighted by Crippen LogP contribution is 2.17. The zero-order valence-electron chi connectivity index (χ0n) is 9.21. The van der Waals surface area contributed by atoms with E-state index in [1.807, 2.05) is 24.3 Å². The number of ketones is 1. The Morgan fingerprint density at radius 3 is 2.50 bits per heavy atom. The molecule has 1 aromatic rings. The number of carbonyl (C=O) groups excluding carboxylic acids is 1. The lowest BCUT2D eigenvalue weighted by Crippen LogP contribution is -2.32. The molecule has 0 unspecified atom stereocenters. The van der Waals surface area contributed by atoms with Crippen molar-refractivity contribution in [3.63, 3.8) is 0 Å². The first-order valence-corrected chi connectivity index (χ1v) is 6.11. The van der Waals surface area contributed by atoms with Gasteiger partial charge in [-0.2, -0.15) is 0 Å². The molecule has 2 rings (SSSR count). The number of carbonyl (C=O) groups is 1. The first-order valence-electron chi connectivity index (χ1n) is 5.73. The minimum atomic E-state index is 0.247. The summed E-state index contributed by atoms with van der Waals surface area (Å²) in [5.41, 5.74) is 1.06. The molecule has 0 saturated carbocycles. The van der Waals surface area contributed by atoms with Crippen LogP contribution < -0.4 is 5.32 Å². The second-order valence-electron chi connectivity index (χ2n) is 4.29. The summed E-state index contributed by atoms with van der Waals surface area (Å²) in [6.07, 6.45) is 2.50. The number of piperidine rings is 1. The molecule has 0 aliphatic carbocycles. The number of rotatable bonds is 3. The normalized spacial score (nSPS) is 17.3. The van der Waals surface area contributed by atoms with Crippen LogP contribution >= 0.6 is 11.6 Å². The highest BCUT2D eigenvalue weighted by Gasteiger charge is 2.20. The lowest BCUT2D eigenvalue weighted by molar-refractivity contribution is -0.122. The number of nitrogens with one attached hydrogen (secondary N) is 1. The van der Waals surface area contributed by atoms with Crippen LogP contribution in [-0.4, -0.2) is 18.9 Å². The van der Waals surface area contributed by atoms with Gasteiger partial charge in [0.05, 0.1) is 0 Å². The largest absolute Gasteiger partial charge is 0.317 e. The lowest BCUT2D eigenvalue weighted by Gasteiger charge is -2.21. The van der Waals surface area contributed by atoms with Gasteiger partial charge >= 0.3 is 0 Å². The standard InChI is InChI=1S/C13H16ClNO/c14-12-3-1-10(2-4-12)9-13(16)11-5-7-15-8-6-11/h1-4,11,15H,5-9H2. The van der Waals surface area contributed by atoms with Gasteiger partial charge in [0.2, 0.25) is 0 Å². The first kappa shape index (κ1) is 11.6. The van der Waals surface area contributed by atoms with Crippen LogP contribution in [0.15, 0.2) is 24.3 Å². The van der Waals surface area contributed by atoms with Crippen LogP contribution in [0.5, 0.6) is 0 Å². The maximum absolute atomic E-state index is 12.0. The van der Waals surface area contributed by atoms with Crippen molar-refractivity contribution in [2.24, 2.45) is 5.92 Å². The van der Waals surface area contributed by atoms with Gasteiger partial charge in [-0.05, 0) is 43.6 Å². The molecule has 16 heavy (non-hydrogen) atoms. The van der Waals surface area contributed by atoms with Gasteiger partial charge in [-0.25, -0.2) is 0 Å². The van der Waals surface area contributed by atoms with E-state index in [1.54, 1.807) is 0 Å². The average molecular weight is 238 g/mol. The Balaban J connectivity index is 1.93. The van der Waals surface area contributed by atoms with Crippen LogP contribution in [0.2, 0.25) is 5.02 Å². The molecular weight excluding hydrogens is 222 g/mol. The predicted molar refractivity (Wildman–Crippen MR) is 65.8 cm³/mol. The van der Waals surface area contributed by atoms with E-state index in [1.165, 1.54) is 0 Å². The molecule has 1 aliphatic heterocycles. The summed E-state index contributed by atoms with van der Waals surface area (Å²) in [6, 6.07) is 7.54. The van der Waals surface area contributed by atoms with Crippen LogP contribution in [0, 0.1) is 5.92 Å². The maximum atomic E-state index is 12.0. The van der Waals surface area contributed by atoms with Crippen molar-refractivity contribution >= 4 is 17.4 Å². The minimum Gasteiger partial charge on any atom is -0.317 e. The summed E-state index contributed by atoms with van der Waals surface area (Å²) in [6.45, 7) is 1.94. The van der Waals surface area contributed by atoms with Crippen molar-refractivity contribution < 1.29 is 4.79 Å².